The zero-order chi connectivity index (χ0) is 22.4. The van der Waals surface area contributed by atoms with E-state index >= 15 is 0 Å². The van der Waals surface area contributed by atoms with E-state index in [9.17, 15) is 9.59 Å². The van der Waals surface area contributed by atoms with Crippen molar-refractivity contribution in [3.05, 3.63) is 59.2 Å². The third-order valence-corrected chi connectivity index (χ3v) is 5.91. The number of carbonyl (C=O) groups is 2. The molecule has 0 saturated carbocycles. The largest absolute Gasteiger partial charge is 0.328 e. The van der Waals surface area contributed by atoms with Crippen molar-refractivity contribution in [2.24, 2.45) is 5.10 Å². The van der Waals surface area contributed by atoms with Gasteiger partial charge in [0.1, 0.15) is 12.2 Å². The topological polar surface area (TPSA) is 71.5 Å². The van der Waals surface area contributed by atoms with Crippen LogP contribution in [0.3, 0.4) is 0 Å². The van der Waals surface area contributed by atoms with E-state index in [1.165, 1.54) is 4.90 Å². The van der Waals surface area contributed by atoms with Crippen molar-refractivity contribution < 1.29 is 9.59 Å². The number of hydrogen-bond donors (Lipinski definition) is 1. The minimum absolute atomic E-state index is 0.206. The zero-order valence-corrected chi connectivity index (χ0v) is 18.8. The van der Waals surface area contributed by atoms with Gasteiger partial charge in [-0.3, -0.25) is 20.0 Å². The van der Waals surface area contributed by atoms with Gasteiger partial charge in [-0.25, -0.2) is 9.69 Å². The number of halogens is 1. The number of benzene rings is 1. The number of fused-ring (bicyclic) bond motifs is 3. The van der Waals surface area contributed by atoms with E-state index < -0.39 is 12.2 Å². The quantitative estimate of drug-likeness (QED) is 0.708. The minimum atomic E-state index is -0.530. The van der Waals surface area contributed by atoms with E-state index in [0.717, 1.165) is 22.4 Å². The molecule has 1 aromatic rings. The van der Waals surface area contributed by atoms with Gasteiger partial charge in [0.15, 0.2) is 6.29 Å². The number of nitrogens with one attached hydrogen (secondary N) is 1. The molecule has 3 aliphatic heterocycles. The van der Waals surface area contributed by atoms with Crippen LogP contribution in [0.25, 0.3) is 0 Å². The van der Waals surface area contributed by atoms with E-state index in [1.54, 1.807) is 11.9 Å². The van der Waals surface area contributed by atoms with Crippen molar-refractivity contribution in [1.29, 1.82) is 0 Å². The first-order valence-electron chi connectivity index (χ1n) is 10.2. The van der Waals surface area contributed by atoms with Gasteiger partial charge in [0.05, 0.1) is 18.8 Å². The van der Waals surface area contributed by atoms with Crippen molar-refractivity contribution in [3.63, 3.8) is 0 Å². The zero-order valence-electron chi connectivity index (χ0n) is 18.0. The standard InChI is InChI=1S/C22H27ClN6O2/c1-13(2)10-28-20(30)18-19(26(5)22(28)31)24-21-27(18)12-17(25-29(21)11-14(3)4)15-6-8-16(23)9-7-15/h6-9,18-19,21,24H,1,3,10-12H2,2,4-5H3. The summed E-state index contributed by atoms with van der Waals surface area (Å²) >= 11 is 6.06. The lowest BCUT2D eigenvalue weighted by Gasteiger charge is -2.42. The molecule has 164 valence electrons. The molecule has 2 fully saturated rings. The number of hydrogen-bond acceptors (Lipinski definition) is 6. The van der Waals surface area contributed by atoms with Crippen molar-refractivity contribution in [3.8, 4) is 0 Å². The molecule has 1 N–H and O–H groups in total. The maximum absolute atomic E-state index is 13.4. The molecular weight excluding hydrogens is 416 g/mol. The predicted octanol–water partition coefficient (Wildman–Crippen LogP) is 2.29. The van der Waals surface area contributed by atoms with Crippen molar-refractivity contribution in [1.82, 2.24) is 25.0 Å². The highest BCUT2D eigenvalue weighted by Crippen LogP contribution is 2.31. The maximum Gasteiger partial charge on any atom is 0.328 e. The molecule has 0 radical (unpaired) electrons. The summed E-state index contributed by atoms with van der Waals surface area (Å²) in [5, 5.41) is 10.8. The van der Waals surface area contributed by atoms with E-state index in [0.29, 0.717) is 18.1 Å². The monoisotopic (exact) mass is 442 g/mol. The Morgan fingerprint density at radius 3 is 2.42 bits per heavy atom. The molecule has 4 rings (SSSR count). The van der Waals surface area contributed by atoms with Crippen LogP contribution in [0.4, 0.5) is 4.79 Å². The fourth-order valence-electron chi connectivity index (χ4n) is 4.30. The van der Waals surface area contributed by atoms with Gasteiger partial charge in [-0.15, -0.1) is 0 Å². The maximum atomic E-state index is 13.4. The molecule has 3 aliphatic rings. The molecule has 3 amide bonds. The minimum Gasteiger partial charge on any atom is -0.310 e. The number of imide groups is 1. The first-order chi connectivity index (χ1) is 14.7. The van der Waals surface area contributed by atoms with Gasteiger partial charge in [-0.2, -0.15) is 5.10 Å². The van der Waals surface area contributed by atoms with Crippen LogP contribution >= 0.6 is 11.6 Å². The Morgan fingerprint density at radius 2 is 1.81 bits per heavy atom. The lowest BCUT2D eigenvalue weighted by atomic mass is 10.1. The Labute approximate surface area is 187 Å². The molecule has 0 bridgehead atoms. The summed E-state index contributed by atoms with van der Waals surface area (Å²) in [5.74, 6) is -0.223. The molecule has 3 atom stereocenters. The second-order valence-electron chi connectivity index (χ2n) is 8.49. The third-order valence-electron chi connectivity index (χ3n) is 5.66. The molecule has 1 aromatic carbocycles. The molecule has 2 saturated heterocycles. The number of likely N-dealkylation sites (N-methyl/N-ethyl adjacent to an activating group) is 1. The number of rotatable bonds is 5. The van der Waals surface area contributed by atoms with Crippen LogP contribution in [0.1, 0.15) is 19.4 Å². The Kier molecular flexibility index (Phi) is 5.63. The smallest absolute Gasteiger partial charge is 0.310 e. The van der Waals surface area contributed by atoms with Gasteiger partial charge in [0.25, 0.3) is 5.91 Å². The van der Waals surface area contributed by atoms with Gasteiger partial charge < -0.3 is 4.90 Å². The molecular formula is C22H27ClN6O2. The van der Waals surface area contributed by atoms with Crippen LogP contribution in [0.15, 0.2) is 53.7 Å². The first-order valence-corrected chi connectivity index (χ1v) is 10.5. The number of hydrazone groups is 1. The SMILES string of the molecule is C=C(C)CN1C(=O)C2C(NC3N(CC(=C)C)N=C(c4ccc(Cl)cc4)CN23)N(C)C1=O. The normalized spacial score (nSPS) is 26.0. The Morgan fingerprint density at radius 1 is 1.16 bits per heavy atom. The van der Waals surface area contributed by atoms with Crippen LogP contribution in [0.2, 0.25) is 5.02 Å². The fraction of sp³-hybridized carbons (Fsp3) is 0.409. The number of carbonyl (C=O) groups excluding carboxylic acids is 2. The summed E-state index contributed by atoms with van der Waals surface area (Å²) in [6, 6.07) is 6.64. The summed E-state index contributed by atoms with van der Waals surface area (Å²) in [7, 11) is 1.72. The Hall–Kier alpha value is -2.68. The number of amides is 3. The molecule has 3 unspecified atom stereocenters. The second-order valence-corrected chi connectivity index (χ2v) is 8.92. The van der Waals surface area contributed by atoms with Crippen LogP contribution < -0.4 is 5.32 Å². The van der Waals surface area contributed by atoms with Crippen molar-refractivity contribution in [2.45, 2.75) is 32.3 Å². The molecule has 0 aliphatic carbocycles. The fourth-order valence-corrected chi connectivity index (χ4v) is 4.42. The van der Waals surface area contributed by atoms with Gasteiger partial charge in [-0.05, 0) is 31.5 Å². The Balaban J connectivity index is 1.71. The van der Waals surface area contributed by atoms with Crippen LogP contribution in [-0.2, 0) is 4.79 Å². The number of urea groups is 1. The summed E-state index contributed by atoms with van der Waals surface area (Å²) in [6.07, 6.45) is -0.773. The predicted molar refractivity (Wildman–Crippen MR) is 120 cm³/mol. The highest BCUT2D eigenvalue weighted by molar-refractivity contribution is 6.30. The van der Waals surface area contributed by atoms with E-state index in [2.05, 4.69) is 23.4 Å². The lowest BCUT2D eigenvalue weighted by molar-refractivity contribution is -0.138. The average molecular weight is 443 g/mol. The van der Waals surface area contributed by atoms with E-state index in [4.69, 9.17) is 16.7 Å². The van der Waals surface area contributed by atoms with Crippen LogP contribution in [0.5, 0.6) is 0 Å². The highest BCUT2D eigenvalue weighted by Gasteiger charge is 2.56. The van der Waals surface area contributed by atoms with Gasteiger partial charge >= 0.3 is 6.03 Å². The summed E-state index contributed by atoms with van der Waals surface area (Å²) in [6.45, 7) is 12.8. The summed E-state index contributed by atoms with van der Waals surface area (Å²) < 4.78 is 0. The molecule has 9 heteroatoms. The van der Waals surface area contributed by atoms with Crippen LogP contribution in [0, 0.1) is 0 Å². The second kappa shape index (κ2) is 8.11. The summed E-state index contributed by atoms with van der Waals surface area (Å²) in [4.78, 5) is 31.2. The molecule has 31 heavy (non-hydrogen) atoms. The lowest BCUT2D eigenvalue weighted by Crippen LogP contribution is -2.66. The molecule has 8 nitrogen and oxygen atoms in total. The van der Waals surface area contributed by atoms with E-state index in [1.807, 2.05) is 43.1 Å². The van der Waals surface area contributed by atoms with Gasteiger partial charge in [0, 0.05) is 18.6 Å². The molecule has 3 heterocycles. The Bertz CT molecular complexity index is 975. The van der Waals surface area contributed by atoms with Crippen LogP contribution in [-0.4, -0.2) is 82.5 Å². The first kappa shape index (κ1) is 21.5. The van der Waals surface area contributed by atoms with E-state index in [-0.39, 0.29) is 24.8 Å². The highest BCUT2D eigenvalue weighted by atomic mass is 35.5. The van der Waals surface area contributed by atoms with Crippen molar-refractivity contribution in [2.75, 3.05) is 26.7 Å². The molecule has 0 spiro atoms. The average Bonchev–Trinajstić information content (AvgIpc) is 3.09. The van der Waals surface area contributed by atoms with Gasteiger partial charge in [0.2, 0.25) is 0 Å². The summed E-state index contributed by atoms with van der Waals surface area (Å²) in [5.41, 5.74) is 3.46. The van der Waals surface area contributed by atoms with Crippen molar-refractivity contribution >= 4 is 29.3 Å². The third kappa shape index (κ3) is 3.86. The number of nitrogens with zero attached hydrogens (tertiary/aromatic N) is 5. The molecule has 0 aromatic heterocycles. The van der Waals surface area contributed by atoms with Gasteiger partial charge in [-0.1, -0.05) is 48.0 Å².